The number of H-pyrrole nitrogens is 3. The number of hydrogen-bond donors (Lipinski definition) is 6. The summed E-state index contributed by atoms with van der Waals surface area (Å²) in [7, 11) is 0. The highest BCUT2D eigenvalue weighted by molar-refractivity contribution is 4.68. The molecule has 23 heavy (non-hydrogen) atoms. The van der Waals surface area contributed by atoms with Gasteiger partial charge in [0, 0.05) is 13.2 Å². The van der Waals surface area contributed by atoms with Crippen molar-refractivity contribution in [3.63, 3.8) is 0 Å². The summed E-state index contributed by atoms with van der Waals surface area (Å²) in [6.45, 7) is 2.32. The molecule has 1 unspecified atom stereocenters. The molecule has 6 N–H and O–H groups in total. The van der Waals surface area contributed by atoms with Crippen LogP contribution in [0.3, 0.4) is 0 Å². The Hall–Kier alpha value is -1.71. The monoisotopic (exact) mass is 333 g/mol. The van der Waals surface area contributed by atoms with E-state index in [0.717, 1.165) is 25.7 Å². The first-order valence-corrected chi connectivity index (χ1v) is 7.77. The van der Waals surface area contributed by atoms with Crippen molar-refractivity contribution in [3.05, 3.63) is 31.5 Å². The van der Waals surface area contributed by atoms with Crippen LogP contribution in [0.5, 0.6) is 0 Å². The maximum absolute atomic E-state index is 10.2. The van der Waals surface area contributed by atoms with Crippen molar-refractivity contribution in [3.8, 4) is 0 Å². The van der Waals surface area contributed by atoms with Crippen LogP contribution < -0.4 is 17.1 Å². The Morgan fingerprint density at radius 2 is 1.26 bits per heavy atom. The molecule has 1 aromatic heterocycles. The van der Waals surface area contributed by atoms with Gasteiger partial charge in [-0.2, -0.15) is 0 Å². The third kappa shape index (κ3) is 10.6. The Labute approximate surface area is 133 Å². The first kappa shape index (κ1) is 21.3. The first-order valence-electron chi connectivity index (χ1n) is 7.77. The molecular formula is C14H27N3O6. The van der Waals surface area contributed by atoms with Crippen LogP contribution in [0.4, 0.5) is 0 Å². The van der Waals surface area contributed by atoms with E-state index in [9.17, 15) is 19.5 Å². The molecule has 0 saturated carbocycles. The summed E-state index contributed by atoms with van der Waals surface area (Å²) >= 11 is 0. The van der Waals surface area contributed by atoms with E-state index in [2.05, 4.69) is 6.92 Å². The van der Waals surface area contributed by atoms with Crippen molar-refractivity contribution < 1.29 is 15.3 Å². The normalized spacial score (nSPS) is 11.9. The number of aliphatic hydroxyl groups is 3. The maximum atomic E-state index is 10.2. The molecule has 0 radical (unpaired) electrons. The molecule has 0 saturated heterocycles. The number of aromatic nitrogens is 3. The predicted octanol–water partition coefficient (Wildman–Crippen LogP) is -0.940. The highest BCUT2D eigenvalue weighted by atomic mass is 16.3. The lowest BCUT2D eigenvalue weighted by molar-refractivity contribution is 0.0641. The van der Waals surface area contributed by atoms with E-state index in [-0.39, 0.29) is 25.2 Å². The molecule has 0 aliphatic heterocycles. The quantitative estimate of drug-likeness (QED) is 0.320. The van der Waals surface area contributed by atoms with Gasteiger partial charge in [0.05, 0.1) is 6.10 Å². The van der Waals surface area contributed by atoms with Crippen molar-refractivity contribution >= 4 is 0 Å². The fourth-order valence-corrected chi connectivity index (χ4v) is 2.10. The van der Waals surface area contributed by atoms with Gasteiger partial charge in [-0.3, -0.25) is 15.0 Å². The standard InChI is InChI=1S/C11H24O3.C3H3N3O3/c1-2-3-4-5-11(14)10(6-8-12)7-9-13;7-1-4-2(8)6-3(9)5-1/h10-14H,2-9H2,1H3;(H3,4,5,6,7,8,9). The molecule has 0 spiro atoms. The predicted molar refractivity (Wildman–Crippen MR) is 85.3 cm³/mol. The van der Waals surface area contributed by atoms with Gasteiger partial charge in [-0.25, -0.2) is 14.4 Å². The van der Waals surface area contributed by atoms with Crippen LogP contribution in [0.1, 0.15) is 45.4 Å². The van der Waals surface area contributed by atoms with Gasteiger partial charge in [0.25, 0.3) is 0 Å². The van der Waals surface area contributed by atoms with Crippen LogP contribution in [0, 0.1) is 5.92 Å². The Balaban J connectivity index is 0.000000459. The minimum absolute atomic E-state index is 0.0573. The number of rotatable bonds is 9. The van der Waals surface area contributed by atoms with Crippen LogP contribution in [0.15, 0.2) is 14.4 Å². The van der Waals surface area contributed by atoms with E-state index < -0.39 is 17.1 Å². The van der Waals surface area contributed by atoms with Crippen LogP contribution in [0.25, 0.3) is 0 Å². The van der Waals surface area contributed by atoms with Crippen LogP contribution in [0.2, 0.25) is 0 Å². The van der Waals surface area contributed by atoms with Crippen LogP contribution in [-0.2, 0) is 0 Å². The second kappa shape index (κ2) is 12.8. The molecular weight excluding hydrogens is 306 g/mol. The average molecular weight is 333 g/mol. The van der Waals surface area contributed by atoms with E-state index in [0.29, 0.717) is 12.8 Å². The minimum Gasteiger partial charge on any atom is -0.396 e. The number of aromatic amines is 3. The molecule has 0 amide bonds. The summed E-state index contributed by atoms with van der Waals surface area (Å²) in [4.78, 5) is 35.9. The van der Waals surface area contributed by atoms with Crippen molar-refractivity contribution in [1.29, 1.82) is 0 Å². The van der Waals surface area contributed by atoms with Crippen molar-refractivity contribution in [2.45, 2.75) is 51.6 Å². The average Bonchev–Trinajstić information content (AvgIpc) is 2.46. The molecule has 134 valence electrons. The van der Waals surface area contributed by atoms with Gasteiger partial charge in [-0.05, 0) is 25.2 Å². The third-order valence-electron chi connectivity index (χ3n) is 3.33. The lowest BCUT2D eigenvalue weighted by atomic mass is 9.92. The molecule has 9 nitrogen and oxygen atoms in total. The Morgan fingerprint density at radius 1 is 0.826 bits per heavy atom. The van der Waals surface area contributed by atoms with Crippen molar-refractivity contribution in [2.24, 2.45) is 5.92 Å². The molecule has 0 bridgehead atoms. The van der Waals surface area contributed by atoms with Crippen LogP contribution >= 0.6 is 0 Å². The maximum Gasteiger partial charge on any atom is 0.330 e. The SMILES string of the molecule is CCCCCC(O)C(CCO)CCO.O=c1[nH]c(=O)[nH]c(=O)[nH]1. The lowest BCUT2D eigenvalue weighted by Crippen LogP contribution is -2.34. The number of aliphatic hydroxyl groups excluding tert-OH is 3. The van der Waals surface area contributed by atoms with E-state index in [4.69, 9.17) is 10.2 Å². The summed E-state index contributed by atoms with van der Waals surface area (Å²) in [5.41, 5.74) is -2.41. The molecule has 1 rings (SSSR count). The summed E-state index contributed by atoms with van der Waals surface area (Å²) < 4.78 is 0. The fraction of sp³-hybridized carbons (Fsp3) is 0.786. The van der Waals surface area contributed by atoms with Gasteiger partial charge in [0.15, 0.2) is 0 Å². The first-order chi connectivity index (χ1) is 10.9. The van der Waals surface area contributed by atoms with E-state index in [1.54, 1.807) is 15.0 Å². The Kier molecular flexibility index (Phi) is 11.8. The van der Waals surface area contributed by atoms with Gasteiger partial charge in [0.2, 0.25) is 0 Å². The topological polar surface area (TPSA) is 159 Å². The molecule has 9 heteroatoms. The summed E-state index contributed by atoms with van der Waals surface area (Å²) in [6, 6.07) is 0. The second-order valence-corrected chi connectivity index (χ2v) is 5.21. The van der Waals surface area contributed by atoms with E-state index in [1.807, 2.05) is 0 Å². The van der Waals surface area contributed by atoms with Gasteiger partial charge in [-0.15, -0.1) is 0 Å². The molecule has 1 aromatic rings. The van der Waals surface area contributed by atoms with E-state index >= 15 is 0 Å². The van der Waals surface area contributed by atoms with Crippen LogP contribution in [-0.4, -0.2) is 49.6 Å². The lowest BCUT2D eigenvalue weighted by Gasteiger charge is -2.21. The van der Waals surface area contributed by atoms with Gasteiger partial charge < -0.3 is 15.3 Å². The zero-order valence-corrected chi connectivity index (χ0v) is 13.4. The Bertz CT molecular complexity index is 480. The molecule has 0 fully saturated rings. The minimum atomic E-state index is -0.802. The highest BCUT2D eigenvalue weighted by Crippen LogP contribution is 2.18. The molecule has 0 aromatic carbocycles. The molecule has 1 atom stereocenters. The Morgan fingerprint density at radius 3 is 1.61 bits per heavy atom. The molecule has 0 aliphatic rings. The smallest absolute Gasteiger partial charge is 0.330 e. The largest absolute Gasteiger partial charge is 0.396 e. The number of hydrogen-bond acceptors (Lipinski definition) is 6. The van der Waals surface area contributed by atoms with Gasteiger partial charge in [0.1, 0.15) is 0 Å². The molecule has 0 aliphatic carbocycles. The summed E-state index contributed by atoms with van der Waals surface area (Å²) in [5, 5.41) is 27.4. The summed E-state index contributed by atoms with van der Waals surface area (Å²) in [5.74, 6) is 0.0573. The highest BCUT2D eigenvalue weighted by Gasteiger charge is 2.17. The number of unbranched alkanes of at least 4 members (excludes halogenated alkanes) is 2. The third-order valence-corrected chi connectivity index (χ3v) is 3.33. The van der Waals surface area contributed by atoms with Gasteiger partial charge >= 0.3 is 17.1 Å². The molecule has 1 heterocycles. The summed E-state index contributed by atoms with van der Waals surface area (Å²) in [6.07, 6.45) is 4.94. The van der Waals surface area contributed by atoms with Gasteiger partial charge in [-0.1, -0.05) is 26.2 Å². The zero-order valence-electron chi connectivity index (χ0n) is 13.4. The zero-order chi connectivity index (χ0) is 17.7. The van der Waals surface area contributed by atoms with Crippen molar-refractivity contribution in [1.82, 2.24) is 15.0 Å². The fourth-order valence-electron chi connectivity index (χ4n) is 2.10. The van der Waals surface area contributed by atoms with Crippen molar-refractivity contribution in [2.75, 3.05) is 13.2 Å². The van der Waals surface area contributed by atoms with E-state index in [1.165, 1.54) is 0 Å². The second-order valence-electron chi connectivity index (χ2n) is 5.21. The number of nitrogens with one attached hydrogen (secondary N) is 3.